The number of hydrogen-bond donors (Lipinski definition) is 2. The Hall–Kier alpha value is -4.20. The number of nitro groups is 1. The van der Waals surface area contributed by atoms with Gasteiger partial charge in [-0.3, -0.25) is 19.7 Å². The summed E-state index contributed by atoms with van der Waals surface area (Å²) in [4.78, 5) is 36.1. The molecule has 0 aliphatic rings. The lowest BCUT2D eigenvalue weighted by Crippen LogP contribution is -2.28. The molecule has 0 saturated carbocycles. The number of methoxy groups -OCH3 is 1. The van der Waals surface area contributed by atoms with E-state index in [0.717, 1.165) is 11.6 Å². The second-order valence-electron chi connectivity index (χ2n) is 6.75. The van der Waals surface area contributed by atoms with Crippen molar-refractivity contribution in [1.82, 2.24) is 5.32 Å². The average molecular weight is 419 g/mol. The molecule has 0 aromatic heterocycles. The van der Waals surface area contributed by atoms with E-state index >= 15 is 0 Å². The van der Waals surface area contributed by atoms with E-state index in [4.69, 9.17) is 4.74 Å². The molecular weight excluding hydrogens is 398 g/mol. The van der Waals surface area contributed by atoms with Gasteiger partial charge in [0.1, 0.15) is 0 Å². The normalized spacial score (nSPS) is 11.3. The number of anilines is 1. The molecular formula is C23H21N3O5. The summed E-state index contributed by atoms with van der Waals surface area (Å²) in [5.74, 6) is -0.883. The third-order valence-corrected chi connectivity index (χ3v) is 4.70. The smallest absolute Gasteiger partial charge is 0.311 e. The van der Waals surface area contributed by atoms with Crippen LogP contribution in [0.5, 0.6) is 5.75 Å². The Morgan fingerprint density at radius 3 is 2.32 bits per heavy atom. The summed E-state index contributed by atoms with van der Waals surface area (Å²) < 4.78 is 4.96. The maximum Gasteiger partial charge on any atom is 0.311 e. The SMILES string of the molecule is COc1ccc(C(=O)Nc2ccccc2C(=O)N[C@@H](C)c2ccccc2)cc1[N+](=O)[O-]. The van der Waals surface area contributed by atoms with Gasteiger partial charge in [0.25, 0.3) is 11.8 Å². The maximum atomic E-state index is 12.8. The van der Waals surface area contributed by atoms with Gasteiger partial charge < -0.3 is 15.4 Å². The fourth-order valence-electron chi connectivity index (χ4n) is 3.06. The van der Waals surface area contributed by atoms with Crippen LogP contribution in [0.15, 0.2) is 72.8 Å². The minimum Gasteiger partial charge on any atom is -0.490 e. The predicted octanol–water partition coefficient (Wildman–Crippen LogP) is 4.35. The van der Waals surface area contributed by atoms with Gasteiger partial charge >= 0.3 is 5.69 Å². The molecule has 0 unspecified atom stereocenters. The molecule has 158 valence electrons. The highest BCUT2D eigenvalue weighted by Crippen LogP contribution is 2.28. The van der Waals surface area contributed by atoms with Crippen LogP contribution in [0, 0.1) is 10.1 Å². The predicted molar refractivity (Wildman–Crippen MR) is 116 cm³/mol. The molecule has 0 fully saturated rings. The number of rotatable bonds is 7. The van der Waals surface area contributed by atoms with E-state index in [1.807, 2.05) is 37.3 Å². The molecule has 0 spiro atoms. The van der Waals surface area contributed by atoms with Crippen molar-refractivity contribution in [1.29, 1.82) is 0 Å². The molecule has 3 rings (SSSR count). The van der Waals surface area contributed by atoms with Gasteiger partial charge in [-0.2, -0.15) is 0 Å². The Labute approximate surface area is 179 Å². The van der Waals surface area contributed by atoms with Crippen molar-refractivity contribution in [3.8, 4) is 5.75 Å². The number of benzene rings is 3. The highest BCUT2D eigenvalue weighted by molar-refractivity contribution is 6.09. The Balaban J connectivity index is 1.80. The van der Waals surface area contributed by atoms with Crippen LogP contribution < -0.4 is 15.4 Å². The van der Waals surface area contributed by atoms with Gasteiger partial charge in [0.15, 0.2) is 5.75 Å². The van der Waals surface area contributed by atoms with Crippen LogP contribution in [-0.4, -0.2) is 23.8 Å². The first-order chi connectivity index (χ1) is 14.9. The lowest BCUT2D eigenvalue weighted by Gasteiger charge is -2.16. The van der Waals surface area contributed by atoms with Crippen LogP contribution in [0.3, 0.4) is 0 Å². The van der Waals surface area contributed by atoms with Crippen LogP contribution in [0.2, 0.25) is 0 Å². The average Bonchev–Trinajstić information content (AvgIpc) is 2.79. The van der Waals surface area contributed by atoms with Gasteiger partial charge in [-0.25, -0.2) is 0 Å². The van der Waals surface area contributed by atoms with E-state index in [0.29, 0.717) is 5.69 Å². The summed E-state index contributed by atoms with van der Waals surface area (Å²) in [6.07, 6.45) is 0. The van der Waals surface area contributed by atoms with Gasteiger partial charge in [0, 0.05) is 11.6 Å². The second-order valence-corrected chi connectivity index (χ2v) is 6.75. The van der Waals surface area contributed by atoms with E-state index < -0.39 is 10.8 Å². The highest BCUT2D eigenvalue weighted by Gasteiger charge is 2.20. The third kappa shape index (κ3) is 5.05. The van der Waals surface area contributed by atoms with Crippen LogP contribution in [0.25, 0.3) is 0 Å². The number of ether oxygens (including phenoxy) is 1. The molecule has 3 aromatic rings. The molecule has 0 saturated heterocycles. The topological polar surface area (TPSA) is 111 Å². The van der Waals surface area contributed by atoms with Gasteiger partial charge in [-0.05, 0) is 36.8 Å². The molecule has 2 amide bonds. The zero-order valence-corrected chi connectivity index (χ0v) is 17.0. The Morgan fingerprint density at radius 2 is 1.65 bits per heavy atom. The molecule has 0 radical (unpaired) electrons. The van der Waals surface area contributed by atoms with Crippen molar-refractivity contribution in [2.45, 2.75) is 13.0 Å². The van der Waals surface area contributed by atoms with Crippen molar-refractivity contribution < 1.29 is 19.2 Å². The van der Waals surface area contributed by atoms with Gasteiger partial charge in [0.2, 0.25) is 0 Å². The number of hydrogen-bond acceptors (Lipinski definition) is 5. The Morgan fingerprint density at radius 1 is 0.968 bits per heavy atom. The van der Waals surface area contributed by atoms with Gasteiger partial charge in [0.05, 0.1) is 29.3 Å². The summed E-state index contributed by atoms with van der Waals surface area (Å²) >= 11 is 0. The number of nitrogens with zero attached hydrogens (tertiary/aromatic N) is 1. The number of carbonyl (C=O) groups excluding carboxylic acids is 2. The number of para-hydroxylation sites is 1. The molecule has 31 heavy (non-hydrogen) atoms. The van der Waals surface area contributed by atoms with Crippen LogP contribution in [-0.2, 0) is 0 Å². The largest absolute Gasteiger partial charge is 0.490 e. The molecule has 3 aromatic carbocycles. The van der Waals surface area contributed by atoms with Crippen molar-refractivity contribution in [2.24, 2.45) is 0 Å². The van der Waals surface area contributed by atoms with Gasteiger partial charge in [-0.15, -0.1) is 0 Å². The number of nitrogens with one attached hydrogen (secondary N) is 2. The monoisotopic (exact) mass is 419 g/mol. The molecule has 0 heterocycles. The minimum atomic E-state index is -0.623. The fourth-order valence-corrected chi connectivity index (χ4v) is 3.06. The first-order valence-corrected chi connectivity index (χ1v) is 9.49. The second kappa shape index (κ2) is 9.53. The third-order valence-electron chi connectivity index (χ3n) is 4.70. The zero-order chi connectivity index (χ0) is 22.4. The van der Waals surface area contributed by atoms with Gasteiger partial charge in [-0.1, -0.05) is 42.5 Å². The van der Waals surface area contributed by atoms with Crippen LogP contribution in [0.4, 0.5) is 11.4 Å². The molecule has 1 atom stereocenters. The molecule has 0 bridgehead atoms. The molecule has 0 aliphatic heterocycles. The molecule has 0 aliphatic carbocycles. The fraction of sp³-hybridized carbons (Fsp3) is 0.130. The summed E-state index contributed by atoms with van der Waals surface area (Å²) in [5.41, 5.74) is 1.27. The lowest BCUT2D eigenvalue weighted by molar-refractivity contribution is -0.385. The van der Waals surface area contributed by atoms with Crippen molar-refractivity contribution in [3.63, 3.8) is 0 Å². The van der Waals surface area contributed by atoms with E-state index in [9.17, 15) is 19.7 Å². The first-order valence-electron chi connectivity index (χ1n) is 9.49. The van der Waals surface area contributed by atoms with E-state index in [1.165, 1.54) is 19.2 Å². The number of carbonyl (C=O) groups is 2. The van der Waals surface area contributed by atoms with Crippen LogP contribution in [0.1, 0.15) is 39.2 Å². The Kier molecular flexibility index (Phi) is 6.61. The molecule has 8 nitrogen and oxygen atoms in total. The quantitative estimate of drug-likeness (QED) is 0.437. The summed E-state index contributed by atoms with van der Waals surface area (Å²) in [5, 5.41) is 16.8. The summed E-state index contributed by atoms with van der Waals surface area (Å²) in [7, 11) is 1.31. The minimum absolute atomic E-state index is 0.0521. The number of amides is 2. The van der Waals surface area contributed by atoms with Crippen molar-refractivity contribution in [2.75, 3.05) is 12.4 Å². The van der Waals surface area contributed by atoms with E-state index in [-0.39, 0.29) is 34.5 Å². The molecule has 8 heteroatoms. The number of nitro benzene ring substituents is 1. The summed E-state index contributed by atoms with van der Waals surface area (Å²) in [6, 6.07) is 19.7. The first kappa shape index (κ1) is 21.5. The highest BCUT2D eigenvalue weighted by atomic mass is 16.6. The van der Waals surface area contributed by atoms with E-state index in [2.05, 4.69) is 10.6 Å². The lowest BCUT2D eigenvalue weighted by atomic mass is 10.1. The summed E-state index contributed by atoms with van der Waals surface area (Å²) in [6.45, 7) is 1.87. The molecule has 2 N–H and O–H groups in total. The Bertz CT molecular complexity index is 1120. The van der Waals surface area contributed by atoms with E-state index in [1.54, 1.807) is 24.3 Å². The van der Waals surface area contributed by atoms with Crippen molar-refractivity contribution >= 4 is 23.2 Å². The van der Waals surface area contributed by atoms with Crippen LogP contribution >= 0.6 is 0 Å². The van der Waals surface area contributed by atoms with Crippen molar-refractivity contribution in [3.05, 3.63) is 99.6 Å². The zero-order valence-electron chi connectivity index (χ0n) is 17.0. The standard InChI is InChI=1S/C23H21N3O5/c1-15(16-8-4-3-5-9-16)24-23(28)18-10-6-7-11-19(18)25-22(27)17-12-13-21(31-2)20(14-17)26(29)30/h3-15H,1-2H3,(H,24,28)(H,25,27)/t15-/m0/s1. The maximum absolute atomic E-state index is 12.8.